The number of methoxy groups -OCH3 is 1. The molecule has 3 rings (SSSR count). The third-order valence-corrected chi connectivity index (χ3v) is 4.37. The van der Waals surface area contributed by atoms with Gasteiger partial charge in [0, 0.05) is 18.7 Å². The molecule has 2 aromatic rings. The second kappa shape index (κ2) is 8.23. The fourth-order valence-electron chi connectivity index (χ4n) is 3.17. The van der Waals surface area contributed by atoms with Crippen molar-refractivity contribution in [1.82, 2.24) is 4.90 Å². The van der Waals surface area contributed by atoms with E-state index in [1.54, 1.807) is 7.11 Å². The molecule has 0 aliphatic carbocycles. The van der Waals surface area contributed by atoms with E-state index in [2.05, 4.69) is 0 Å². The van der Waals surface area contributed by atoms with E-state index in [9.17, 15) is 4.79 Å². The molecule has 0 N–H and O–H groups in total. The van der Waals surface area contributed by atoms with Gasteiger partial charge >= 0.3 is 0 Å². The van der Waals surface area contributed by atoms with E-state index in [1.807, 2.05) is 67.3 Å². The van der Waals surface area contributed by atoms with E-state index in [0.29, 0.717) is 36.8 Å². The van der Waals surface area contributed by atoms with Gasteiger partial charge in [-0.15, -0.1) is 0 Å². The lowest BCUT2D eigenvalue weighted by molar-refractivity contribution is -0.0586. The van der Waals surface area contributed by atoms with Gasteiger partial charge in [-0.3, -0.25) is 4.79 Å². The minimum absolute atomic E-state index is 0.0456. The molecule has 2 atom stereocenters. The summed E-state index contributed by atoms with van der Waals surface area (Å²) in [7, 11) is 1.62. The Hall–Kier alpha value is -2.53. The van der Waals surface area contributed by atoms with E-state index in [1.165, 1.54) is 0 Å². The summed E-state index contributed by atoms with van der Waals surface area (Å²) in [5.41, 5.74) is 1.68. The molecule has 1 heterocycles. The van der Waals surface area contributed by atoms with Crippen LogP contribution in [-0.2, 0) is 11.3 Å². The quantitative estimate of drug-likeness (QED) is 0.823. The SMILES string of the molecule is COc1ccccc1OCc1ccc(C(=O)N2C[C@H](C)O[C@@H](C)C2)cc1. The first kappa shape index (κ1) is 18.3. The summed E-state index contributed by atoms with van der Waals surface area (Å²) in [4.78, 5) is 14.5. The van der Waals surface area contributed by atoms with Gasteiger partial charge in [-0.05, 0) is 43.7 Å². The fraction of sp³-hybridized carbons (Fsp3) is 0.381. The summed E-state index contributed by atoms with van der Waals surface area (Å²) in [6.07, 6.45) is 0.132. The molecule has 0 unspecified atom stereocenters. The van der Waals surface area contributed by atoms with Crippen LogP contribution in [0.3, 0.4) is 0 Å². The second-order valence-electron chi connectivity index (χ2n) is 6.60. The molecule has 26 heavy (non-hydrogen) atoms. The van der Waals surface area contributed by atoms with Crippen molar-refractivity contribution in [3.63, 3.8) is 0 Å². The first-order valence-corrected chi connectivity index (χ1v) is 8.86. The van der Waals surface area contributed by atoms with E-state index in [-0.39, 0.29) is 18.1 Å². The highest BCUT2D eigenvalue weighted by Crippen LogP contribution is 2.26. The lowest BCUT2D eigenvalue weighted by Gasteiger charge is -2.35. The monoisotopic (exact) mass is 355 g/mol. The maximum absolute atomic E-state index is 12.7. The normalized spacial score (nSPS) is 19.9. The van der Waals surface area contributed by atoms with Gasteiger partial charge in [-0.1, -0.05) is 24.3 Å². The highest BCUT2D eigenvalue weighted by Gasteiger charge is 2.26. The number of hydrogen-bond acceptors (Lipinski definition) is 4. The first-order chi connectivity index (χ1) is 12.6. The Morgan fingerprint density at radius 2 is 1.65 bits per heavy atom. The van der Waals surface area contributed by atoms with Crippen LogP contribution in [0.4, 0.5) is 0 Å². The van der Waals surface area contributed by atoms with Crippen molar-refractivity contribution in [3.05, 3.63) is 59.7 Å². The van der Waals surface area contributed by atoms with Crippen molar-refractivity contribution in [2.45, 2.75) is 32.7 Å². The molecule has 0 aromatic heterocycles. The van der Waals surface area contributed by atoms with Crippen molar-refractivity contribution < 1.29 is 19.0 Å². The summed E-state index contributed by atoms with van der Waals surface area (Å²) in [6.45, 7) is 5.66. The number of carbonyl (C=O) groups is 1. The third kappa shape index (κ3) is 4.35. The molecule has 5 nitrogen and oxygen atoms in total. The van der Waals surface area contributed by atoms with E-state index < -0.39 is 0 Å². The van der Waals surface area contributed by atoms with Crippen LogP contribution in [0.15, 0.2) is 48.5 Å². The molecule has 5 heteroatoms. The summed E-state index contributed by atoms with van der Waals surface area (Å²) in [5, 5.41) is 0. The molecule has 1 aliphatic heterocycles. The van der Waals surface area contributed by atoms with Crippen LogP contribution in [0, 0.1) is 0 Å². The Labute approximate surface area is 154 Å². The van der Waals surface area contributed by atoms with Crippen molar-refractivity contribution in [2.24, 2.45) is 0 Å². The van der Waals surface area contributed by atoms with Crippen LogP contribution < -0.4 is 9.47 Å². The number of ether oxygens (including phenoxy) is 3. The molecule has 1 fully saturated rings. The number of benzene rings is 2. The van der Waals surface area contributed by atoms with Crippen LogP contribution in [0.5, 0.6) is 11.5 Å². The molecular formula is C21H25NO4. The van der Waals surface area contributed by atoms with Crippen molar-refractivity contribution in [1.29, 1.82) is 0 Å². The number of morpholine rings is 1. The van der Waals surface area contributed by atoms with Crippen LogP contribution in [0.25, 0.3) is 0 Å². The predicted octanol–water partition coefficient (Wildman–Crippen LogP) is 3.52. The number of hydrogen-bond donors (Lipinski definition) is 0. The van der Waals surface area contributed by atoms with Gasteiger partial charge in [0.2, 0.25) is 0 Å². The van der Waals surface area contributed by atoms with Crippen LogP contribution >= 0.6 is 0 Å². The third-order valence-electron chi connectivity index (χ3n) is 4.37. The largest absolute Gasteiger partial charge is 0.493 e. The molecule has 0 saturated carbocycles. The van der Waals surface area contributed by atoms with E-state index in [0.717, 1.165) is 5.56 Å². The number of carbonyl (C=O) groups excluding carboxylic acids is 1. The standard InChI is InChI=1S/C21H25NO4/c1-15-12-22(13-16(2)26-15)21(23)18-10-8-17(9-11-18)14-25-20-7-5-4-6-19(20)24-3/h4-11,15-16H,12-14H2,1-3H3/t15-,16-/m0/s1. The average Bonchev–Trinajstić information content (AvgIpc) is 2.65. The molecule has 0 radical (unpaired) electrons. The molecule has 1 aliphatic rings. The van der Waals surface area contributed by atoms with Gasteiger partial charge in [0.25, 0.3) is 5.91 Å². The number of para-hydroxylation sites is 2. The zero-order valence-electron chi connectivity index (χ0n) is 15.5. The zero-order valence-corrected chi connectivity index (χ0v) is 15.5. The van der Waals surface area contributed by atoms with Gasteiger partial charge in [0.15, 0.2) is 11.5 Å². The van der Waals surface area contributed by atoms with Crippen molar-refractivity contribution in [2.75, 3.05) is 20.2 Å². The molecule has 2 aromatic carbocycles. The van der Waals surface area contributed by atoms with E-state index in [4.69, 9.17) is 14.2 Å². The Morgan fingerprint density at radius 3 is 2.27 bits per heavy atom. The lowest BCUT2D eigenvalue weighted by Crippen LogP contribution is -2.48. The summed E-state index contributed by atoms with van der Waals surface area (Å²) in [5.74, 6) is 1.45. The summed E-state index contributed by atoms with van der Waals surface area (Å²) < 4.78 is 16.8. The average molecular weight is 355 g/mol. The van der Waals surface area contributed by atoms with Gasteiger partial charge in [-0.2, -0.15) is 0 Å². The van der Waals surface area contributed by atoms with Crippen LogP contribution in [-0.4, -0.2) is 43.2 Å². The molecule has 138 valence electrons. The van der Waals surface area contributed by atoms with Crippen molar-refractivity contribution >= 4 is 5.91 Å². The van der Waals surface area contributed by atoms with Gasteiger partial charge in [-0.25, -0.2) is 0 Å². The Kier molecular flexibility index (Phi) is 5.78. The lowest BCUT2D eigenvalue weighted by atomic mass is 10.1. The maximum Gasteiger partial charge on any atom is 0.254 e. The maximum atomic E-state index is 12.7. The number of nitrogens with zero attached hydrogens (tertiary/aromatic N) is 1. The van der Waals surface area contributed by atoms with Gasteiger partial charge in [0.05, 0.1) is 19.3 Å². The van der Waals surface area contributed by atoms with Gasteiger partial charge < -0.3 is 19.1 Å². The first-order valence-electron chi connectivity index (χ1n) is 8.86. The molecule has 1 saturated heterocycles. The molecular weight excluding hydrogens is 330 g/mol. The van der Waals surface area contributed by atoms with Crippen LogP contribution in [0.1, 0.15) is 29.8 Å². The molecule has 0 bridgehead atoms. The summed E-state index contributed by atoms with van der Waals surface area (Å²) >= 11 is 0. The Bertz CT molecular complexity index is 734. The number of rotatable bonds is 5. The van der Waals surface area contributed by atoms with Crippen LogP contribution in [0.2, 0.25) is 0 Å². The highest BCUT2D eigenvalue weighted by atomic mass is 16.5. The minimum atomic E-state index is 0.0456. The van der Waals surface area contributed by atoms with E-state index >= 15 is 0 Å². The molecule has 1 amide bonds. The minimum Gasteiger partial charge on any atom is -0.493 e. The summed E-state index contributed by atoms with van der Waals surface area (Å²) in [6, 6.07) is 15.1. The Balaban J connectivity index is 1.62. The predicted molar refractivity (Wildman–Crippen MR) is 99.7 cm³/mol. The zero-order chi connectivity index (χ0) is 18.5. The second-order valence-corrected chi connectivity index (χ2v) is 6.60. The smallest absolute Gasteiger partial charge is 0.254 e. The van der Waals surface area contributed by atoms with Gasteiger partial charge in [0.1, 0.15) is 6.61 Å². The highest BCUT2D eigenvalue weighted by molar-refractivity contribution is 5.94. The topological polar surface area (TPSA) is 48.0 Å². The number of amides is 1. The fourth-order valence-corrected chi connectivity index (χ4v) is 3.17. The molecule has 0 spiro atoms. The van der Waals surface area contributed by atoms with Crippen molar-refractivity contribution in [3.8, 4) is 11.5 Å². The Morgan fingerprint density at radius 1 is 1.04 bits per heavy atom.